The number of nitrogens with one attached hydrogen (secondary N) is 1. The SMILES string of the molecule is O=C(CCN1CCSC1=O)N[C@@H](c1cccs1)C1CCCC1. The van der Waals surface area contributed by atoms with Crippen LogP contribution in [0, 0.1) is 5.92 Å². The summed E-state index contributed by atoms with van der Waals surface area (Å²) in [6.45, 7) is 1.31. The molecule has 1 aromatic heterocycles. The molecular weight excluding hydrogens is 316 g/mol. The minimum Gasteiger partial charge on any atom is -0.348 e. The largest absolute Gasteiger partial charge is 0.348 e. The van der Waals surface area contributed by atoms with Gasteiger partial charge in [0.05, 0.1) is 6.04 Å². The molecule has 4 nitrogen and oxygen atoms in total. The first kappa shape index (κ1) is 15.9. The van der Waals surface area contributed by atoms with Gasteiger partial charge in [-0.3, -0.25) is 9.59 Å². The van der Waals surface area contributed by atoms with E-state index in [1.165, 1.54) is 42.3 Å². The van der Waals surface area contributed by atoms with Crippen molar-refractivity contribution in [3.63, 3.8) is 0 Å². The van der Waals surface area contributed by atoms with Crippen LogP contribution in [0.1, 0.15) is 43.0 Å². The Labute approximate surface area is 139 Å². The van der Waals surface area contributed by atoms with E-state index in [0.29, 0.717) is 18.9 Å². The van der Waals surface area contributed by atoms with Gasteiger partial charge in [-0.2, -0.15) is 0 Å². The second-order valence-electron chi connectivity index (χ2n) is 5.96. The lowest BCUT2D eigenvalue weighted by Gasteiger charge is -2.24. The number of rotatable bonds is 6. The van der Waals surface area contributed by atoms with Crippen LogP contribution in [-0.2, 0) is 4.79 Å². The molecule has 22 heavy (non-hydrogen) atoms. The smallest absolute Gasteiger partial charge is 0.281 e. The highest BCUT2D eigenvalue weighted by Crippen LogP contribution is 2.37. The molecule has 1 N–H and O–H groups in total. The Bertz CT molecular complexity index is 512. The van der Waals surface area contributed by atoms with Crippen LogP contribution in [0.15, 0.2) is 17.5 Å². The third-order valence-corrected chi connectivity index (χ3v) is 6.34. The summed E-state index contributed by atoms with van der Waals surface area (Å²) in [4.78, 5) is 26.9. The fourth-order valence-electron chi connectivity index (χ4n) is 3.29. The molecule has 0 spiro atoms. The normalized spacial score (nSPS) is 20.5. The van der Waals surface area contributed by atoms with E-state index in [0.717, 1.165) is 12.3 Å². The first-order valence-corrected chi connectivity index (χ1v) is 9.85. The van der Waals surface area contributed by atoms with Gasteiger partial charge in [-0.05, 0) is 30.2 Å². The number of amides is 2. The number of carbonyl (C=O) groups is 2. The Morgan fingerprint density at radius 3 is 2.86 bits per heavy atom. The van der Waals surface area contributed by atoms with Crippen LogP contribution in [-0.4, -0.2) is 34.9 Å². The van der Waals surface area contributed by atoms with Crippen LogP contribution in [0.5, 0.6) is 0 Å². The van der Waals surface area contributed by atoms with Gasteiger partial charge in [-0.15, -0.1) is 11.3 Å². The van der Waals surface area contributed by atoms with E-state index in [9.17, 15) is 9.59 Å². The standard InChI is InChI=1S/C16H22N2O2S2/c19-14(7-8-18-9-11-22-16(18)20)17-15(12-4-1-2-5-12)13-6-3-10-21-13/h3,6,10,12,15H,1-2,4-5,7-9,11H2,(H,17,19)/t15-/m1/s1. The van der Waals surface area contributed by atoms with Gasteiger partial charge in [0.1, 0.15) is 0 Å². The van der Waals surface area contributed by atoms with Gasteiger partial charge in [0, 0.05) is 30.1 Å². The first-order valence-electron chi connectivity index (χ1n) is 7.98. The maximum absolute atomic E-state index is 12.3. The molecule has 1 aliphatic heterocycles. The van der Waals surface area contributed by atoms with E-state index in [2.05, 4.69) is 16.8 Å². The fourth-order valence-corrected chi connectivity index (χ4v) is 5.01. The average Bonchev–Trinajstić information content (AvgIpc) is 3.25. The van der Waals surface area contributed by atoms with Crippen LogP contribution in [0.25, 0.3) is 0 Å². The summed E-state index contributed by atoms with van der Waals surface area (Å²) < 4.78 is 0. The third-order valence-electron chi connectivity index (χ3n) is 4.49. The molecule has 1 saturated heterocycles. The van der Waals surface area contributed by atoms with Crippen molar-refractivity contribution < 1.29 is 9.59 Å². The van der Waals surface area contributed by atoms with Crippen molar-refractivity contribution in [3.05, 3.63) is 22.4 Å². The molecule has 2 aliphatic rings. The molecule has 3 rings (SSSR count). The second-order valence-corrected chi connectivity index (χ2v) is 7.98. The highest BCUT2D eigenvalue weighted by atomic mass is 32.2. The first-order chi connectivity index (χ1) is 10.7. The zero-order valence-electron chi connectivity index (χ0n) is 12.6. The van der Waals surface area contributed by atoms with Crippen LogP contribution in [0.2, 0.25) is 0 Å². The number of hydrogen-bond acceptors (Lipinski definition) is 4. The predicted molar refractivity (Wildman–Crippen MR) is 91.2 cm³/mol. The molecule has 2 heterocycles. The van der Waals surface area contributed by atoms with Gasteiger partial charge in [-0.1, -0.05) is 30.7 Å². The average molecular weight is 338 g/mol. The summed E-state index contributed by atoms with van der Waals surface area (Å²) in [6, 6.07) is 4.32. The molecule has 2 amide bonds. The fraction of sp³-hybridized carbons (Fsp3) is 0.625. The Morgan fingerprint density at radius 2 is 2.23 bits per heavy atom. The van der Waals surface area contributed by atoms with E-state index in [-0.39, 0.29) is 17.2 Å². The van der Waals surface area contributed by atoms with Crippen molar-refractivity contribution in [1.29, 1.82) is 0 Å². The molecular formula is C16H22N2O2S2. The van der Waals surface area contributed by atoms with Gasteiger partial charge in [0.25, 0.3) is 5.24 Å². The molecule has 0 radical (unpaired) electrons. The van der Waals surface area contributed by atoms with Gasteiger partial charge >= 0.3 is 0 Å². The Morgan fingerprint density at radius 1 is 1.41 bits per heavy atom. The van der Waals surface area contributed by atoms with Gasteiger partial charge in [-0.25, -0.2) is 0 Å². The number of nitrogens with zero attached hydrogens (tertiary/aromatic N) is 1. The van der Waals surface area contributed by atoms with Crippen molar-refractivity contribution in [2.45, 2.75) is 38.1 Å². The molecule has 1 atom stereocenters. The minimum atomic E-state index is 0.0648. The molecule has 1 aliphatic carbocycles. The minimum absolute atomic E-state index is 0.0648. The molecule has 120 valence electrons. The quantitative estimate of drug-likeness (QED) is 0.861. The Kier molecular flexibility index (Phi) is 5.41. The highest BCUT2D eigenvalue weighted by Gasteiger charge is 2.29. The zero-order valence-corrected chi connectivity index (χ0v) is 14.3. The lowest BCUT2D eigenvalue weighted by molar-refractivity contribution is -0.122. The summed E-state index contributed by atoms with van der Waals surface area (Å²) in [7, 11) is 0. The molecule has 1 aromatic rings. The maximum Gasteiger partial charge on any atom is 0.281 e. The van der Waals surface area contributed by atoms with Gasteiger partial charge < -0.3 is 10.2 Å². The van der Waals surface area contributed by atoms with E-state index in [1.54, 1.807) is 16.2 Å². The number of carbonyl (C=O) groups excluding carboxylic acids is 2. The number of thioether (sulfide) groups is 1. The lowest BCUT2D eigenvalue weighted by atomic mass is 9.96. The predicted octanol–water partition coefficient (Wildman–Crippen LogP) is 3.65. The van der Waals surface area contributed by atoms with Crippen LogP contribution >= 0.6 is 23.1 Å². The summed E-state index contributed by atoms with van der Waals surface area (Å²) in [5, 5.41) is 5.41. The molecule has 0 bridgehead atoms. The van der Waals surface area contributed by atoms with Crippen molar-refractivity contribution in [1.82, 2.24) is 10.2 Å². The highest BCUT2D eigenvalue weighted by molar-refractivity contribution is 8.13. The second kappa shape index (κ2) is 7.51. The molecule has 0 aromatic carbocycles. The van der Waals surface area contributed by atoms with Crippen molar-refractivity contribution in [3.8, 4) is 0 Å². The summed E-state index contributed by atoms with van der Waals surface area (Å²) in [5.74, 6) is 1.47. The number of thiophene rings is 1. The van der Waals surface area contributed by atoms with Crippen LogP contribution in [0.4, 0.5) is 4.79 Å². The topological polar surface area (TPSA) is 49.4 Å². The Hall–Kier alpha value is -1.01. The zero-order chi connectivity index (χ0) is 15.4. The van der Waals surface area contributed by atoms with E-state index in [4.69, 9.17) is 0 Å². The van der Waals surface area contributed by atoms with E-state index in [1.807, 2.05) is 6.07 Å². The molecule has 0 unspecified atom stereocenters. The monoisotopic (exact) mass is 338 g/mol. The summed E-state index contributed by atoms with van der Waals surface area (Å²) in [6.07, 6.45) is 5.33. The van der Waals surface area contributed by atoms with Crippen molar-refractivity contribution in [2.24, 2.45) is 5.92 Å². The van der Waals surface area contributed by atoms with Crippen LogP contribution < -0.4 is 5.32 Å². The third kappa shape index (κ3) is 3.84. The summed E-state index contributed by atoms with van der Waals surface area (Å²) in [5.41, 5.74) is 0. The number of hydrogen-bond donors (Lipinski definition) is 1. The van der Waals surface area contributed by atoms with Gasteiger partial charge in [0.15, 0.2) is 0 Å². The van der Waals surface area contributed by atoms with Crippen molar-refractivity contribution >= 4 is 34.2 Å². The van der Waals surface area contributed by atoms with Crippen molar-refractivity contribution in [2.75, 3.05) is 18.8 Å². The molecule has 6 heteroatoms. The summed E-state index contributed by atoms with van der Waals surface area (Å²) >= 11 is 3.07. The van der Waals surface area contributed by atoms with Gasteiger partial charge in [0.2, 0.25) is 5.91 Å². The van der Waals surface area contributed by atoms with Crippen LogP contribution in [0.3, 0.4) is 0 Å². The lowest BCUT2D eigenvalue weighted by Crippen LogP contribution is -2.35. The van der Waals surface area contributed by atoms with E-state index < -0.39 is 0 Å². The Balaban J connectivity index is 1.55. The maximum atomic E-state index is 12.3. The molecule has 1 saturated carbocycles. The van der Waals surface area contributed by atoms with E-state index >= 15 is 0 Å². The molecule has 2 fully saturated rings.